The fourth-order valence-electron chi connectivity index (χ4n) is 2.23. The van der Waals surface area contributed by atoms with Crippen LogP contribution in [0.3, 0.4) is 0 Å². The van der Waals surface area contributed by atoms with Crippen molar-refractivity contribution in [2.75, 3.05) is 38.1 Å². The van der Waals surface area contributed by atoms with Gasteiger partial charge in [-0.2, -0.15) is 4.39 Å². The Morgan fingerprint density at radius 1 is 1.28 bits per heavy atom. The van der Waals surface area contributed by atoms with Gasteiger partial charge in [-0.15, -0.1) is 0 Å². The highest BCUT2D eigenvalue weighted by Crippen LogP contribution is 2.31. The topological polar surface area (TPSA) is 49.6 Å². The van der Waals surface area contributed by atoms with Crippen molar-refractivity contribution in [1.82, 2.24) is 4.90 Å². The molecule has 1 aliphatic rings. The summed E-state index contributed by atoms with van der Waals surface area (Å²) in [6.45, 7) is 3.18. The number of hydrogen-bond acceptors (Lipinski definition) is 4. The number of likely N-dealkylation sites (N-methyl/N-ethyl adjacent to an activating group) is 1. The molecule has 0 atom stereocenters. The molecular weight excluding hydrogens is 237 g/mol. The van der Waals surface area contributed by atoms with Crippen molar-refractivity contribution in [2.45, 2.75) is 6.42 Å². The van der Waals surface area contributed by atoms with Crippen LogP contribution in [0.25, 0.3) is 0 Å². The Labute approximate surface area is 105 Å². The molecule has 0 bridgehead atoms. The minimum atomic E-state index is -0.768. The van der Waals surface area contributed by atoms with Gasteiger partial charge < -0.3 is 9.80 Å². The van der Waals surface area contributed by atoms with Crippen molar-refractivity contribution in [3.63, 3.8) is 0 Å². The molecule has 0 amide bonds. The predicted octanol–water partition coefficient (Wildman–Crippen LogP) is 1.88. The molecule has 0 aromatic heterocycles. The third-order valence-corrected chi connectivity index (χ3v) is 3.21. The van der Waals surface area contributed by atoms with E-state index in [-0.39, 0.29) is 0 Å². The molecule has 0 aliphatic carbocycles. The molecule has 1 aromatic rings. The minimum absolute atomic E-state index is 0.385. The molecule has 0 spiro atoms. The molecule has 6 heteroatoms. The molecule has 1 saturated heterocycles. The summed E-state index contributed by atoms with van der Waals surface area (Å²) in [5.41, 5.74) is -0.0302. The van der Waals surface area contributed by atoms with Gasteiger partial charge in [0.15, 0.2) is 0 Å². The van der Waals surface area contributed by atoms with Crippen LogP contribution in [-0.2, 0) is 0 Å². The SMILES string of the molecule is CN1CCCN(c2cccc(F)c2[N+](=O)[O-])CC1. The Hall–Kier alpha value is -1.69. The maximum atomic E-state index is 13.6. The van der Waals surface area contributed by atoms with Crippen LogP contribution in [0.15, 0.2) is 18.2 Å². The monoisotopic (exact) mass is 253 g/mol. The predicted molar refractivity (Wildman–Crippen MR) is 67.4 cm³/mol. The van der Waals surface area contributed by atoms with Gasteiger partial charge in [0.25, 0.3) is 0 Å². The van der Waals surface area contributed by atoms with Gasteiger partial charge in [-0.05, 0) is 32.1 Å². The van der Waals surface area contributed by atoms with E-state index in [1.54, 1.807) is 6.07 Å². The lowest BCUT2D eigenvalue weighted by molar-refractivity contribution is -0.386. The molecule has 98 valence electrons. The van der Waals surface area contributed by atoms with Crippen LogP contribution >= 0.6 is 0 Å². The second-order valence-electron chi connectivity index (χ2n) is 4.51. The smallest absolute Gasteiger partial charge is 0.327 e. The largest absolute Gasteiger partial charge is 0.365 e. The average molecular weight is 253 g/mol. The third kappa shape index (κ3) is 2.59. The van der Waals surface area contributed by atoms with Crippen molar-refractivity contribution in [2.24, 2.45) is 0 Å². The fourth-order valence-corrected chi connectivity index (χ4v) is 2.23. The molecule has 18 heavy (non-hydrogen) atoms. The van der Waals surface area contributed by atoms with Crippen molar-refractivity contribution < 1.29 is 9.31 Å². The second kappa shape index (κ2) is 5.30. The van der Waals surface area contributed by atoms with Crippen LogP contribution in [0.5, 0.6) is 0 Å². The Kier molecular flexibility index (Phi) is 3.76. The van der Waals surface area contributed by atoms with Gasteiger partial charge in [-0.1, -0.05) is 6.07 Å². The Balaban J connectivity index is 2.32. The quantitative estimate of drug-likeness (QED) is 0.596. The van der Waals surface area contributed by atoms with Crippen LogP contribution in [-0.4, -0.2) is 43.0 Å². The fraction of sp³-hybridized carbons (Fsp3) is 0.500. The van der Waals surface area contributed by atoms with Crippen LogP contribution in [0, 0.1) is 15.9 Å². The van der Waals surface area contributed by atoms with Crippen LogP contribution < -0.4 is 4.90 Å². The van der Waals surface area contributed by atoms with Crippen molar-refractivity contribution in [3.05, 3.63) is 34.1 Å². The maximum absolute atomic E-state index is 13.6. The van der Waals surface area contributed by atoms with Gasteiger partial charge in [0.1, 0.15) is 5.69 Å². The highest BCUT2D eigenvalue weighted by atomic mass is 19.1. The van der Waals surface area contributed by atoms with Crippen molar-refractivity contribution >= 4 is 11.4 Å². The zero-order valence-electron chi connectivity index (χ0n) is 10.3. The van der Waals surface area contributed by atoms with Gasteiger partial charge in [-0.25, -0.2) is 0 Å². The zero-order valence-corrected chi connectivity index (χ0v) is 10.3. The summed E-state index contributed by atoms with van der Waals surface area (Å²) in [6, 6.07) is 4.27. The van der Waals surface area contributed by atoms with Crippen LogP contribution in [0.1, 0.15) is 6.42 Å². The molecule has 0 N–H and O–H groups in total. The molecule has 0 radical (unpaired) electrons. The van der Waals surface area contributed by atoms with Crippen molar-refractivity contribution in [3.8, 4) is 0 Å². The van der Waals surface area contributed by atoms with E-state index in [1.807, 2.05) is 11.9 Å². The summed E-state index contributed by atoms with van der Waals surface area (Å²) in [5, 5.41) is 11.0. The summed E-state index contributed by atoms with van der Waals surface area (Å²) in [5.74, 6) is -0.768. The highest BCUT2D eigenvalue weighted by molar-refractivity contribution is 5.63. The standard InChI is InChI=1S/C12H16FN3O2/c1-14-6-3-7-15(9-8-14)11-5-2-4-10(13)12(11)16(17)18/h2,4-5H,3,6-9H2,1H3. The maximum Gasteiger partial charge on any atom is 0.327 e. The molecule has 2 rings (SSSR count). The summed E-state index contributed by atoms with van der Waals surface area (Å²) < 4.78 is 13.6. The molecule has 0 unspecified atom stereocenters. The molecule has 1 aromatic carbocycles. The molecule has 5 nitrogen and oxygen atoms in total. The van der Waals surface area contributed by atoms with E-state index < -0.39 is 16.4 Å². The van der Waals surface area contributed by atoms with Gasteiger partial charge in [-0.3, -0.25) is 10.1 Å². The summed E-state index contributed by atoms with van der Waals surface area (Å²) in [4.78, 5) is 14.4. The van der Waals surface area contributed by atoms with Gasteiger partial charge >= 0.3 is 5.69 Å². The molecule has 1 aliphatic heterocycles. The lowest BCUT2D eigenvalue weighted by atomic mass is 10.2. The van der Waals surface area contributed by atoms with E-state index in [0.29, 0.717) is 18.8 Å². The molecule has 1 fully saturated rings. The Bertz CT molecular complexity index is 453. The number of benzene rings is 1. The van der Waals surface area contributed by atoms with E-state index in [9.17, 15) is 14.5 Å². The average Bonchev–Trinajstić information content (AvgIpc) is 2.53. The Morgan fingerprint density at radius 3 is 2.78 bits per heavy atom. The number of para-hydroxylation sites is 1. The highest BCUT2D eigenvalue weighted by Gasteiger charge is 2.25. The summed E-state index contributed by atoms with van der Waals surface area (Å²) in [6.07, 6.45) is 0.921. The van der Waals surface area contributed by atoms with Crippen LogP contribution in [0.2, 0.25) is 0 Å². The lowest BCUT2D eigenvalue weighted by Gasteiger charge is -2.22. The lowest BCUT2D eigenvalue weighted by Crippen LogP contribution is -2.29. The summed E-state index contributed by atoms with van der Waals surface area (Å²) >= 11 is 0. The number of nitro benzene ring substituents is 1. The normalized spacial score (nSPS) is 17.6. The number of anilines is 1. The first kappa shape index (κ1) is 12.8. The van der Waals surface area contributed by atoms with Crippen molar-refractivity contribution in [1.29, 1.82) is 0 Å². The van der Waals surface area contributed by atoms with Crippen LogP contribution in [0.4, 0.5) is 15.8 Å². The Morgan fingerprint density at radius 2 is 2.06 bits per heavy atom. The second-order valence-corrected chi connectivity index (χ2v) is 4.51. The van der Waals surface area contributed by atoms with Gasteiger partial charge in [0.05, 0.1) is 4.92 Å². The van der Waals surface area contributed by atoms with Gasteiger partial charge in [0.2, 0.25) is 5.82 Å². The van der Waals surface area contributed by atoms with E-state index in [0.717, 1.165) is 25.6 Å². The number of nitrogens with zero attached hydrogens (tertiary/aromatic N) is 3. The number of nitro groups is 1. The summed E-state index contributed by atoms with van der Waals surface area (Å²) in [7, 11) is 2.02. The van der Waals surface area contributed by atoms with E-state index in [4.69, 9.17) is 0 Å². The molecule has 0 saturated carbocycles. The van der Waals surface area contributed by atoms with Gasteiger partial charge in [0, 0.05) is 19.6 Å². The zero-order chi connectivity index (χ0) is 13.1. The van der Waals surface area contributed by atoms with E-state index in [1.165, 1.54) is 6.07 Å². The van der Waals surface area contributed by atoms with E-state index in [2.05, 4.69) is 4.90 Å². The number of rotatable bonds is 2. The first-order chi connectivity index (χ1) is 8.59. The first-order valence-corrected chi connectivity index (χ1v) is 5.96. The first-order valence-electron chi connectivity index (χ1n) is 5.96. The van der Waals surface area contributed by atoms with E-state index >= 15 is 0 Å². The number of hydrogen-bond donors (Lipinski definition) is 0. The molecular formula is C12H16FN3O2. The minimum Gasteiger partial charge on any atom is -0.365 e. The third-order valence-electron chi connectivity index (χ3n) is 3.21. The number of halogens is 1. The molecule has 1 heterocycles.